The molecule has 0 aromatic heterocycles. The number of likely N-dealkylation sites (tertiary alicyclic amines) is 3. The Morgan fingerprint density at radius 1 is 0.867 bits per heavy atom. The van der Waals surface area contributed by atoms with Gasteiger partial charge in [-0.1, -0.05) is 112 Å². The van der Waals surface area contributed by atoms with E-state index in [1.165, 1.54) is 44.5 Å². The highest BCUT2D eigenvalue weighted by Gasteiger charge is 2.42. The summed E-state index contributed by atoms with van der Waals surface area (Å²) >= 11 is 44.5. The Labute approximate surface area is 301 Å². The first-order valence-electron chi connectivity index (χ1n) is 15.7. The Morgan fingerprint density at radius 3 is 2.20 bits per heavy atom. The van der Waals surface area contributed by atoms with Crippen molar-refractivity contribution in [1.82, 2.24) is 14.7 Å². The average Bonchev–Trinajstić information content (AvgIpc) is 3.01. The number of carbonyl (C=O) groups excluding carboxylic acids is 1. The van der Waals surface area contributed by atoms with E-state index in [-0.39, 0.29) is 22.9 Å². The summed E-state index contributed by atoms with van der Waals surface area (Å²) < 4.78 is 11.0. The predicted octanol–water partition coefficient (Wildman–Crippen LogP) is 9.58. The molecule has 3 heterocycles. The van der Waals surface area contributed by atoms with Crippen LogP contribution < -0.4 is 0 Å². The number of carbonyl (C=O) groups is 1. The van der Waals surface area contributed by atoms with Crippen molar-refractivity contribution in [2.24, 2.45) is 0 Å². The largest absolute Gasteiger partial charge is 0.342 e. The van der Waals surface area contributed by atoms with Crippen LogP contribution in [0.4, 0.5) is 4.39 Å². The molecule has 1 unspecified atom stereocenters. The van der Waals surface area contributed by atoms with Crippen molar-refractivity contribution < 1.29 is 9.18 Å². The third-order valence-corrected chi connectivity index (χ3v) is 11.5. The highest BCUT2D eigenvalue weighted by molar-refractivity contribution is 6.69. The van der Waals surface area contributed by atoms with Gasteiger partial charge in [-0.25, -0.2) is 4.39 Å². The number of halogens is 8. The maximum atomic E-state index is 14.6. The van der Waals surface area contributed by atoms with Crippen molar-refractivity contribution in [2.45, 2.75) is 76.8 Å². The van der Waals surface area contributed by atoms with E-state index in [0.717, 1.165) is 57.3 Å². The zero-order valence-corrected chi connectivity index (χ0v) is 30.4. The third kappa shape index (κ3) is 8.88. The molecule has 0 spiro atoms. The monoisotopic (exact) mass is 757 g/mol. The minimum Gasteiger partial charge on any atom is -0.342 e. The van der Waals surface area contributed by atoms with Crippen LogP contribution in [0.3, 0.4) is 0 Å². The van der Waals surface area contributed by atoms with Crippen LogP contribution in [-0.4, -0.2) is 72.5 Å². The second kappa shape index (κ2) is 15.1. The molecule has 3 aliphatic heterocycles. The first kappa shape index (κ1) is 36.1. The Balaban J connectivity index is 1.40. The first-order chi connectivity index (χ1) is 21.3. The Morgan fingerprint density at radius 2 is 1.56 bits per heavy atom. The van der Waals surface area contributed by atoms with Gasteiger partial charge in [0.1, 0.15) is 5.82 Å². The van der Waals surface area contributed by atoms with Crippen LogP contribution in [0.2, 0.25) is 5.02 Å². The fraction of sp³-hybridized carbons (Fsp3) is 0.606. The Bertz CT molecular complexity index is 1320. The number of benzene rings is 2. The molecule has 45 heavy (non-hydrogen) atoms. The lowest BCUT2D eigenvalue weighted by Crippen LogP contribution is -2.51. The van der Waals surface area contributed by atoms with Crippen molar-refractivity contribution in [3.05, 3.63) is 69.5 Å². The van der Waals surface area contributed by atoms with Crippen LogP contribution in [0.1, 0.15) is 73.6 Å². The molecule has 1 amide bonds. The van der Waals surface area contributed by atoms with Gasteiger partial charge in [-0.3, -0.25) is 4.79 Å². The summed E-state index contributed by atoms with van der Waals surface area (Å²) in [5.41, 5.74) is 1.28. The topological polar surface area (TPSA) is 26.8 Å². The summed E-state index contributed by atoms with van der Waals surface area (Å²) in [4.78, 5) is 20.7. The number of rotatable bonds is 7. The first-order valence-corrected chi connectivity index (χ1v) is 18.4. The van der Waals surface area contributed by atoms with E-state index in [2.05, 4.69) is 9.80 Å². The molecule has 1 atom stereocenters. The van der Waals surface area contributed by atoms with Crippen LogP contribution in [0.25, 0.3) is 0 Å². The fourth-order valence-corrected chi connectivity index (χ4v) is 8.61. The van der Waals surface area contributed by atoms with Gasteiger partial charge >= 0.3 is 0 Å². The molecule has 0 saturated carbocycles. The molecule has 0 aliphatic carbocycles. The van der Waals surface area contributed by atoms with Gasteiger partial charge in [0.15, 0.2) is 0 Å². The van der Waals surface area contributed by atoms with Crippen molar-refractivity contribution in [2.75, 3.05) is 45.8 Å². The van der Waals surface area contributed by atoms with Gasteiger partial charge in [0.05, 0.1) is 6.42 Å². The van der Waals surface area contributed by atoms with E-state index < -0.39 is 18.8 Å². The number of amides is 1. The summed E-state index contributed by atoms with van der Waals surface area (Å²) in [5, 5.41) is 0.245. The average molecular weight is 761 g/mol. The molecule has 12 heteroatoms. The fourth-order valence-electron chi connectivity index (χ4n) is 7.41. The standard InChI is InChI=1S/C33H39Cl7FN3O/c34-28-6-4-7-29(41)25(28)21-30(45)44-16-5-12-31(22-44,23-8-9-26(32(35,36)37)27(20-23)33(38,39)40)13-19-42-17-10-24(11-18-42)43-14-2-1-3-15-43/h4,6-9,20,24H,1-3,5,10-19,21-22H2. The molecular weight excluding hydrogens is 722 g/mol. The van der Waals surface area contributed by atoms with Gasteiger partial charge in [0.25, 0.3) is 0 Å². The predicted molar refractivity (Wildman–Crippen MR) is 187 cm³/mol. The van der Waals surface area contributed by atoms with E-state index >= 15 is 0 Å². The summed E-state index contributed by atoms with van der Waals surface area (Å²) in [6.07, 6.45) is 8.54. The van der Waals surface area contributed by atoms with E-state index in [1.54, 1.807) is 12.1 Å². The molecule has 5 rings (SSSR count). The maximum absolute atomic E-state index is 14.6. The zero-order valence-electron chi connectivity index (χ0n) is 25.1. The smallest absolute Gasteiger partial charge is 0.227 e. The second-order valence-electron chi connectivity index (χ2n) is 12.8. The summed E-state index contributed by atoms with van der Waals surface area (Å²) in [6, 6.07) is 10.6. The lowest BCUT2D eigenvalue weighted by Gasteiger charge is -2.46. The number of hydrogen-bond acceptors (Lipinski definition) is 3. The lowest BCUT2D eigenvalue weighted by atomic mass is 9.70. The molecule has 2 aromatic rings. The van der Waals surface area contributed by atoms with E-state index in [0.29, 0.717) is 30.3 Å². The molecule has 248 valence electrons. The Kier molecular flexibility index (Phi) is 12.1. The highest BCUT2D eigenvalue weighted by atomic mass is 35.6. The minimum absolute atomic E-state index is 0.114. The molecule has 3 fully saturated rings. The van der Waals surface area contributed by atoms with Crippen molar-refractivity contribution in [1.29, 1.82) is 0 Å². The molecule has 3 saturated heterocycles. The van der Waals surface area contributed by atoms with Gasteiger partial charge in [0.2, 0.25) is 13.5 Å². The van der Waals surface area contributed by atoms with E-state index in [4.69, 9.17) is 81.2 Å². The van der Waals surface area contributed by atoms with Crippen molar-refractivity contribution in [3.63, 3.8) is 0 Å². The lowest BCUT2D eigenvalue weighted by molar-refractivity contribution is -0.133. The van der Waals surface area contributed by atoms with Crippen molar-refractivity contribution in [3.8, 4) is 0 Å². The summed E-state index contributed by atoms with van der Waals surface area (Å²) in [7, 11) is 0. The normalized spacial score (nSPS) is 23.0. The van der Waals surface area contributed by atoms with Gasteiger partial charge in [-0.15, -0.1) is 0 Å². The highest BCUT2D eigenvalue weighted by Crippen LogP contribution is 2.50. The Hall–Kier alpha value is -0.210. The van der Waals surface area contributed by atoms with Crippen molar-refractivity contribution >= 4 is 87.1 Å². The van der Waals surface area contributed by atoms with E-state index in [1.807, 2.05) is 17.0 Å². The number of nitrogens with zero attached hydrogens (tertiary/aromatic N) is 3. The SMILES string of the molecule is O=C(Cc1c(F)cccc1Cl)N1CCCC(CCN2CCC(N3CCCCC3)CC2)(c2ccc(C(Cl)(Cl)Cl)c(C(Cl)(Cl)Cl)c2)C1. The minimum atomic E-state index is -1.83. The molecular formula is C33H39Cl7FN3O. The van der Waals surface area contributed by atoms with Gasteiger partial charge in [-0.2, -0.15) is 0 Å². The summed E-state index contributed by atoms with van der Waals surface area (Å²) in [5.74, 6) is -0.658. The molecule has 0 bridgehead atoms. The van der Waals surface area contributed by atoms with Crippen LogP contribution in [-0.2, 0) is 24.2 Å². The van der Waals surface area contributed by atoms with Crippen LogP contribution in [0.15, 0.2) is 36.4 Å². The number of hydrogen-bond donors (Lipinski definition) is 0. The van der Waals surface area contributed by atoms with E-state index in [9.17, 15) is 9.18 Å². The molecule has 0 N–H and O–H groups in total. The second-order valence-corrected chi connectivity index (χ2v) is 17.7. The molecule has 3 aliphatic rings. The molecule has 2 aromatic carbocycles. The maximum Gasteiger partial charge on any atom is 0.227 e. The van der Waals surface area contributed by atoms with Crippen LogP contribution in [0.5, 0.6) is 0 Å². The molecule has 4 nitrogen and oxygen atoms in total. The van der Waals surface area contributed by atoms with Gasteiger partial charge < -0.3 is 14.7 Å². The summed E-state index contributed by atoms with van der Waals surface area (Å²) in [6.45, 7) is 6.38. The number of alkyl halides is 6. The molecule has 0 radical (unpaired) electrons. The van der Waals surface area contributed by atoms with Crippen LogP contribution in [0, 0.1) is 5.82 Å². The van der Waals surface area contributed by atoms with Gasteiger partial charge in [-0.05, 0) is 95.4 Å². The quantitative estimate of drug-likeness (QED) is 0.263. The zero-order chi connectivity index (χ0) is 32.4. The van der Waals surface area contributed by atoms with Crippen LogP contribution >= 0.6 is 81.2 Å². The number of piperidine rings is 3. The third-order valence-electron chi connectivity index (χ3n) is 9.93. The van der Waals surface area contributed by atoms with Gasteiger partial charge in [0, 0.05) is 46.3 Å².